The topological polar surface area (TPSA) is 92.6 Å². The van der Waals surface area contributed by atoms with Crippen LogP contribution in [0.3, 0.4) is 0 Å². The van der Waals surface area contributed by atoms with Crippen molar-refractivity contribution in [3.63, 3.8) is 0 Å². The normalized spacial score (nSPS) is 13.9. The highest BCUT2D eigenvalue weighted by molar-refractivity contribution is 5.95. The number of pyridine rings is 1. The summed E-state index contributed by atoms with van der Waals surface area (Å²) >= 11 is 0. The number of aromatic nitrogens is 1. The van der Waals surface area contributed by atoms with Crippen LogP contribution in [0.15, 0.2) is 48.7 Å². The van der Waals surface area contributed by atoms with Gasteiger partial charge in [-0.25, -0.2) is 4.98 Å². The van der Waals surface area contributed by atoms with Crippen LogP contribution in [0, 0.1) is 11.3 Å². The first kappa shape index (κ1) is 23.2. The van der Waals surface area contributed by atoms with Crippen LogP contribution in [0.1, 0.15) is 24.8 Å². The number of carbonyl (C=O) groups is 2. The van der Waals surface area contributed by atoms with Crippen molar-refractivity contribution < 1.29 is 9.59 Å². The van der Waals surface area contributed by atoms with Gasteiger partial charge in [0, 0.05) is 64.0 Å². The van der Waals surface area contributed by atoms with Gasteiger partial charge >= 0.3 is 0 Å². The van der Waals surface area contributed by atoms with Crippen LogP contribution in [0.2, 0.25) is 0 Å². The van der Waals surface area contributed by atoms with Crippen LogP contribution in [0.4, 0.5) is 11.5 Å². The van der Waals surface area contributed by atoms with Crippen LogP contribution < -0.4 is 15.1 Å². The van der Waals surface area contributed by atoms with E-state index < -0.39 is 0 Å². The first-order chi connectivity index (χ1) is 15.6. The number of amides is 2. The van der Waals surface area contributed by atoms with E-state index in [1.807, 2.05) is 42.5 Å². The van der Waals surface area contributed by atoms with Gasteiger partial charge in [-0.05, 0) is 30.8 Å². The van der Waals surface area contributed by atoms with E-state index in [1.165, 1.54) is 0 Å². The second-order valence-electron chi connectivity index (χ2n) is 7.88. The second kappa shape index (κ2) is 11.8. The van der Waals surface area contributed by atoms with Crippen molar-refractivity contribution in [2.75, 3.05) is 49.6 Å². The fourth-order valence-corrected chi connectivity index (χ4v) is 3.56. The zero-order valence-electron chi connectivity index (χ0n) is 18.5. The van der Waals surface area contributed by atoms with E-state index in [0.717, 1.165) is 43.2 Å². The van der Waals surface area contributed by atoms with Crippen LogP contribution in [0.25, 0.3) is 0 Å². The van der Waals surface area contributed by atoms with Crippen LogP contribution in [0.5, 0.6) is 0 Å². The minimum atomic E-state index is -0.185. The number of hydrogen-bond donors (Lipinski definition) is 1. The molecule has 1 aliphatic rings. The Balaban J connectivity index is 1.45. The van der Waals surface area contributed by atoms with Crippen molar-refractivity contribution in [3.8, 4) is 6.07 Å². The molecule has 0 spiro atoms. The van der Waals surface area contributed by atoms with Gasteiger partial charge in [0.25, 0.3) is 0 Å². The Bertz CT molecular complexity index is 918. The van der Waals surface area contributed by atoms with Crippen molar-refractivity contribution >= 4 is 23.3 Å². The summed E-state index contributed by atoms with van der Waals surface area (Å²) in [5, 5.41) is 11.7. The summed E-state index contributed by atoms with van der Waals surface area (Å²) < 4.78 is 0. The quantitative estimate of drug-likeness (QED) is 0.650. The summed E-state index contributed by atoms with van der Waals surface area (Å²) in [6.07, 6.45) is 2.22. The summed E-state index contributed by atoms with van der Waals surface area (Å²) in [6, 6.07) is 15.3. The van der Waals surface area contributed by atoms with Crippen molar-refractivity contribution in [2.45, 2.75) is 25.8 Å². The van der Waals surface area contributed by atoms with Gasteiger partial charge in [-0.2, -0.15) is 5.26 Å². The summed E-state index contributed by atoms with van der Waals surface area (Å²) in [7, 11) is 2.12. The molecule has 1 fully saturated rings. The van der Waals surface area contributed by atoms with Crippen molar-refractivity contribution in [1.82, 2.24) is 15.2 Å². The van der Waals surface area contributed by atoms with E-state index in [9.17, 15) is 9.59 Å². The predicted octanol–water partition coefficient (Wildman–Crippen LogP) is 2.18. The van der Waals surface area contributed by atoms with Gasteiger partial charge < -0.3 is 20.0 Å². The highest BCUT2D eigenvalue weighted by atomic mass is 16.2. The molecule has 0 radical (unpaired) electrons. The molecule has 0 saturated carbocycles. The van der Waals surface area contributed by atoms with Crippen LogP contribution >= 0.6 is 0 Å². The molecule has 2 amide bonds. The first-order valence-electron chi connectivity index (χ1n) is 10.9. The molecule has 0 bridgehead atoms. The number of para-hydroxylation sites is 1. The number of carbonyl (C=O) groups excluding carboxylic acids is 2. The van der Waals surface area contributed by atoms with Gasteiger partial charge in [-0.15, -0.1) is 0 Å². The lowest BCUT2D eigenvalue weighted by molar-refractivity contribution is -0.125. The van der Waals surface area contributed by atoms with Gasteiger partial charge in [0.2, 0.25) is 11.8 Å². The Morgan fingerprint density at radius 2 is 1.84 bits per heavy atom. The van der Waals surface area contributed by atoms with E-state index in [1.54, 1.807) is 11.1 Å². The maximum absolute atomic E-state index is 12.7. The monoisotopic (exact) mass is 434 g/mol. The Hall–Kier alpha value is -3.44. The summed E-state index contributed by atoms with van der Waals surface area (Å²) in [6.45, 7) is 4.66. The number of benzene rings is 1. The summed E-state index contributed by atoms with van der Waals surface area (Å²) in [5.41, 5.74) is 1.65. The van der Waals surface area contributed by atoms with E-state index in [0.29, 0.717) is 13.1 Å². The zero-order chi connectivity index (χ0) is 22.8. The average molecular weight is 435 g/mol. The molecule has 1 aromatic carbocycles. The molecule has 1 N–H and O–H groups in total. The Morgan fingerprint density at radius 1 is 1.09 bits per heavy atom. The Morgan fingerprint density at radius 3 is 2.50 bits per heavy atom. The van der Waals surface area contributed by atoms with E-state index >= 15 is 0 Å². The molecular weight excluding hydrogens is 404 g/mol. The standard InChI is InChI=1S/C24H30N6O2/c1-28-14-16-29(17-15-28)22-9-8-20(18-26-22)19-27-23(31)10-11-24(32)30(13-5-12-25)21-6-3-2-4-7-21/h2-4,6-9,18H,5,10-11,13-17,19H2,1H3,(H,27,31). The van der Waals surface area contributed by atoms with Crippen LogP contribution in [-0.2, 0) is 16.1 Å². The lowest BCUT2D eigenvalue weighted by Crippen LogP contribution is -2.44. The molecule has 0 atom stereocenters. The molecule has 3 rings (SSSR count). The highest BCUT2D eigenvalue weighted by Crippen LogP contribution is 2.16. The maximum Gasteiger partial charge on any atom is 0.227 e. The fourth-order valence-electron chi connectivity index (χ4n) is 3.56. The molecule has 0 unspecified atom stereocenters. The first-order valence-corrected chi connectivity index (χ1v) is 10.9. The molecule has 8 heteroatoms. The Labute approximate surface area is 189 Å². The number of nitriles is 1. The molecule has 2 aromatic rings. The van der Waals surface area contributed by atoms with Crippen LogP contribution in [-0.4, -0.2) is 61.5 Å². The smallest absolute Gasteiger partial charge is 0.227 e. The van der Waals surface area contributed by atoms with Crippen molar-refractivity contribution in [2.24, 2.45) is 0 Å². The zero-order valence-corrected chi connectivity index (χ0v) is 18.5. The third kappa shape index (κ3) is 6.79. The SMILES string of the molecule is CN1CCN(c2ccc(CNC(=O)CCC(=O)N(CCC#N)c3ccccc3)cn2)CC1. The molecule has 0 aliphatic carbocycles. The highest BCUT2D eigenvalue weighted by Gasteiger charge is 2.17. The third-order valence-electron chi connectivity index (χ3n) is 5.51. The number of anilines is 2. The number of hydrogen-bond acceptors (Lipinski definition) is 6. The molecule has 1 aromatic heterocycles. The molecule has 1 saturated heterocycles. The van der Waals surface area contributed by atoms with Crippen molar-refractivity contribution in [1.29, 1.82) is 5.26 Å². The van der Waals surface area contributed by atoms with Gasteiger partial charge in [-0.1, -0.05) is 24.3 Å². The van der Waals surface area contributed by atoms with Gasteiger partial charge in [0.05, 0.1) is 12.5 Å². The minimum absolute atomic E-state index is 0.0900. The lowest BCUT2D eigenvalue weighted by Gasteiger charge is -2.33. The fraction of sp³-hybridized carbons (Fsp3) is 0.417. The second-order valence-corrected chi connectivity index (χ2v) is 7.88. The number of nitrogens with one attached hydrogen (secondary N) is 1. The molecule has 2 heterocycles. The predicted molar refractivity (Wildman–Crippen MR) is 124 cm³/mol. The molecule has 8 nitrogen and oxygen atoms in total. The average Bonchev–Trinajstić information content (AvgIpc) is 2.83. The van der Waals surface area contributed by atoms with Gasteiger partial charge in [0.15, 0.2) is 0 Å². The van der Waals surface area contributed by atoms with Gasteiger partial charge in [-0.3, -0.25) is 9.59 Å². The van der Waals surface area contributed by atoms with E-state index in [4.69, 9.17) is 5.26 Å². The number of likely N-dealkylation sites (N-methyl/N-ethyl adjacent to an activating group) is 1. The van der Waals surface area contributed by atoms with Crippen molar-refractivity contribution in [3.05, 3.63) is 54.2 Å². The van der Waals surface area contributed by atoms with E-state index in [2.05, 4.69) is 33.2 Å². The number of nitrogens with zero attached hydrogens (tertiary/aromatic N) is 5. The lowest BCUT2D eigenvalue weighted by atomic mass is 10.2. The molecule has 1 aliphatic heterocycles. The largest absolute Gasteiger partial charge is 0.354 e. The summed E-state index contributed by atoms with van der Waals surface area (Å²) in [4.78, 5) is 35.6. The number of rotatable bonds is 9. The molecule has 32 heavy (non-hydrogen) atoms. The van der Waals surface area contributed by atoms with E-state index in [-0.39, 0.29) is 31.1 Å². The third-order valence-corrected chi connectivity index (χ3v) is 5.51. The van der Waals surface area contributed by atoms with Gasteiger partial charge in [0.1, 0.15) is 5.82 Å². The minimum Gasteiger partial charge on any atom is -0.354 e. The summed E-state index contributed by atoms with van der Waals surface area (Å²) in [5.74, 6) is 0.603. The maximum atomic E-state index is 12.7. The molecular formula is C24H30N6O2. The molecule has 168 valence electrons. The number of piperazine rings is 1. The Kier molecular flexibility index (Phi) is 8.58.